The van der Waals surface area contributed by atoms with E-state index in [1.54, 1.807) is 0 Å². The molecule has 2 nitrogen and oxygen atoms in total. The summed E-state index contributed by atoms with van der Waals surface area (Å²) in [6, 6.07) is 2.34. The Morgan fingerprint density at radius 2 is 1.95 bits per heavy atom. The van der Waals surface area contributed by atoms with Crippen LogP contribution >= 0.6 is 11.3 Å². The molecular weight excluding hydrogens is 264 g/mol. The fourth-order valence-electron chi connectivity index (χ4n) is 2.13. The zero-order chi connectivity index (χ0) is 15.0. The van der Waals surface area contributed by atoms with Gasteiger partial charge in [0.25, 0.3) is 0 Å². The summed E-state index contributed by atoms with van der Waals surface area (Å²) in [7, 11) is 0. The van der Waals surface area contributed by atoms with Crippen molar-refractivity contribution in [3.05, 3.63) is 46.7 Å². The monoisotopic (exact) mass is 292 g/mol. The van der Waals surface area contributed by atoms with Crippen molar-refractivity contribution in [3.8, 4) is 0 Å². The van der Waals surface area contributed by atoms with Gasteiger partial charge in [0, 0.05) is 35.9 Å². The molecule has 1 aromatic rings. The predicted molar refractivity (Wildman–Crippen MR) is 91.3 cm³/mol. The van der Waals surface area contributed by atoms with Crippen LogP contribution in [0.3, 0.4) is 0 Å². The van der Waals surface area contributed by atoms with Crippen molar-refractivity contribution >= 4 is 11.3 Å². The summed E-state index contributed by atoms with van der Waals surface area (Å²) in [6.45, 7) is 19.2. The quantitative estimate of drug-likeness (QED) is 0.656. The number of hydrogen-bond acceptors (Lipinski definition) is 3. The zero-order valence-electron chi connectivity index (χ0n) is 13.1. The van der Waals surface area contributed by atoms with Gasteiger partial charge >= 0.3 is 0 Å². The molecule has 0 aliphatic carbocycles. The normalized spacial score (nSPS) is 11.2. The van der Waals surface area contributed by atoms with Crippen LogP contribution in [0.2, 0.25) is 0 Å². The highest BCUT2D eigenvalue weighted by Crippen LogP contribution is 2.23. The molecular formula is C17H28N2S. The minimum Gasteiger partial charge on any atom is -0.312 e. The SMILES string of the molecule is C=CCN(CC=C)Cc1cc(CNCC(C)C)sc1C. The highest BCUT2D eigenvalue weighted by Gasteiger charge is 2.09. The molecule has 0 atom stereocenters. The summed E-state index contributed by atoms with van der Waals surface area (Å²) in [5, 5.41) is 3.51. The van der Waals surface area contributed by atoms with E-state index in [-0.39, 0.29) is 0 Å². The van der Waals surface area contributed by atoms with Crippen LogP contribution in [-0.4, -0.2) is 24.5 Å². The lowest BCUT2D eigenvalue weighted by atomic mass is 10.2. The first-order chi connectivity index (χ1) is 9.56. The Balaban J connectivity index is 2.59. The number of rotatable bonds is 10. The molecule has 0 bridgehead atoms. The molecule has 0 aliphatic heterocycles. The van der Waals surface area contributed by atoms with Crippen LogP contribution < -0.4 is 5.32 Å². The van der Waals surface area contributed by atoms with E-state index < -0.39 is 0 Å². The van der Waals surface area contributed by atoms with E-state index in [0.717, 1.165) is 32.7 Å². The number of hydrogen-bond donors (Lipinski definition) is 1. The molecule has 0 fully saturated rings. The summed E-state index contributed by atoms with van der Waals surface area (Å²) in [5.74, 6) is 0.700. The van der Waals surface area contributed by atoms with E-state index in [9.17, 15) is 0 Å². The maximum absolute atomic E-state index is 3.83. The lowest BCUT2D eigenvalue weighted by molar-refractivity contribution is 0.327. The van der Waals surface area contributed by atoms with Gasteiger partial charge in [-0.05, 0) is 31.0 Å². The third-order valence-corrected chi connectivity index (χ3v) is 4.18. The van der Waals surface area contributed by atoms with E-state index in [4.69, 9.17) is 0 Å². The van der Waals surface area contributed by atoms with Gasteiger partial charge in [-0.2, -0.15) is 0 Å². The molecule has 1 rings (SSSR count). The summed E-state index contributed by atoms with van der Waals surface area (Å²) < 4.78 is 0. The number of aryl methyl sites for hydroxylation is 1. The van der Waals surface area contributed by atoms with Crippen LogP contribution in [0.15, 0.2) is 31.4 Å². The average Bonchev–Trinajstić information content (AvgIpc) is 2.70. The van der Waals surface area contributed by atoms with Gasteiger partial charge in [-0.3, -0.25) is 4.90 Å². The molecule has 0 radical (unpaired) electrons. The molecule has 0 aliphatic rings. The molecule has 0 unspecified atom stereocenters. The molecule has 20 heavy (non-hydrogen) atoms. The van der Waals surface area contributed by atoms with Gasteiger partial charge in [0.15, 0.2) is 0 Å². The van der Waals surface area contributed by atoms with Gasteiger partial charge in [-0.1, -0.05) is 26.0 Å². The maximum atomic E-state index is 3.83. The molecule has 0 spiro atoms. The number of thiophene rings is 1. The third-order valence-electron chi connectivity index (χ3n) is 3.09. The fourth-order valence-corrected chi connectivity index (χ4v) is 3.15. The van der Waals surface area contributed by atoms with Gasteiger partial charge in [-0.25, -0.2) is 0 Å². The standard InChI is InChI=1S/C17H28N2S/c1-6-8-19(9-7-2)13-16-10-17(20-15(16)5)12-18-11-14(3)4/h6-7,10,14,18H,1-2,8-9,11-13H2,3-5H3. The molecule has 0 amide bonds. The van der Waals surface area contributed by atoms with Crippen molar-refractivity contribution in [2.45, 2.75) is 33.9 Å². The van der Waals surface area contributed by atoms with Crippen molar-refractivity contribution < 1.29 is 0 Å². The highest BCUT2D eigenvalue weighted by atomic mass is 32.1. The Labute approximate surface area is 128 Å². The van der Waals surface area contributed by atoms with Crippen LogP contribution in [-0.2, 0) is 13.1 Å². The largest absolute Gasteiger partial charge is 0.312 e. The van der Waals surface area contributed by atoms with Gasteiger partial charge in [0.1, 0.15) is 0 Å². The molecule has 0 saturated heterocycles. The van der Waals surface area contributed by atoms with Crippen molar-refractivity contribution in [1.29, 1.82) is 0 Å². The molecule has 3 heteroatoms. The maximum Gasteiger partial charge on any atom is 0.0300 e. The molecule has 0 aromatic carbocycles. The topological polar surface area (TPSA) is 15.3 Å². The predicted octanol–water partition coefficient (Wildman–Crippen LogP) is 3.98. The Hall–Kier alpha value is -0.900. The molecule has 112 valence electrons. The van der Waals surface area contributed by atoms with E-state index >= 15 is 0 Å². The lowest BCUT2D eigenvalue weighted by Crippen LogP contribution is -2.23. The first-order valence-electron chi connectivity index (χ1n) is 7.29. The van der Waals surface area contributed by atoms with Gasteiger partial charge in [-0.15, -0.1) is 24.5 Å². The molecule has 0 saturated carbocycles. The minimum absolute atomic E-state index is 0.700. The van der Waals surface area contributed by atoms with Crippen molar-refractivity contribution in [1.82, 2.24) is 10.2 Å². The number of nitrogens with zero attached hydrogens (tertiary/aromatic N) is 1. The van der Waals surface area contributed by atoms with Crippen LogP contribution in [0.4, 0.5) is 0 Å². The number of nitrogens with one attached hydrogen (secondary N) is 1. The summed E-state index contributed by atoms with van der Waals surface area (Å²) in [5.41, 5.74) is 1.43. The zero-order valence-corrected chi connectivity index (χ0v) is 13.9. The second kappa shape index (κ2) is 9.11. The van der Waals surface area contributed by atoms with Crippen LogP contribution in [0.1, 0.15) is 29.2 Å². The minimum atomic E-state index is 0.700. The second-order valence-electron chi connectivity index (χ2n) is 5.59. The van der Waals surface area contributed by atoms with E-state index in [1.165, 1.54) is 15.3 Å². The Morgan fingerprint density at radius 1 is 1.30 bits per heavy atom. The van der Waals surface area contributed by atoms with Gasteiger partial charge < -0.3 is 5.32 Å². The first-order valence-corrected chi connectivity index (χ1v) is 8.11. The molecule has 1 aromatic heterocycles. The van der Waals surface area contributed by atoms with Gasteiger partial charge in [0.2, 0.25) is 0 Å². The Kier molecular flexibility index (Phi) is 7.82. The summed E-state index contributed by atoms with van der Waals surface area (Å²) in [4.78, 5) is 5.19. The lowest BCUT2D eigenvalue weighted by Gasteiger charge is -2.18. The third kappa shape index (κ3) is 6.04. The van der Waals surface area contributed by atoms with Crippen molar-refractivity contribution in [2.24, 2.45) is 5.92 Å². The summed E-state index contributed by atoms with van der Waals surface area (Å²) in [6.07, 6.45) is 3.91. The molecule has 1 heterocycles. The Morgan fingerprint density at radius 3 is 2.50 bits per heavy atom. The van der Waals surface area contributed by atoms with E-state index in [1.807, 2.05) is 23.5 Å². The second-order valence-corrected chi connectivity index (χ2v) is 6.93. The van der Waals surface area contributed by atoms with Crippen molar-refractivity contribution in [2.75, 3.05) is 19.6 Å². The fraction of sp³-hybridized carbons (Fsp3) is 0.529. The van der Waals surface area contributed by atoms with Crippen LogP contribution in [0.25, 0.3) is 0 Å². The Bertz CT molecular complexity index is 411. The highest BCUT2D eigenvalue weighted by molar-refractivity contribution is 7.12. The molecule has 1 N–H and O–H groups in total. The van der Waals surface area contributed by atoms with Crippen LogP contribution in [0.5, 0.6) is 0 Å². The van der Waals surface area contributed by atoms with Crippen LogP contribution in [0, 0.1) is 12.8 Å². The van der Waals surface area contributed by atoms with E-state index in [2.05, 4.69) is 50.2 Å². The first kappa shape index (κ1) is 17.2. The van der Waals surface area contributed by atoms with Crippen molar-refractivity contribution in [3.63, 3.8) is 0 Å². The smallest absolute Gasteiger partial charge is 0.0300 e. The van der Waals surface area contributed by atoms with Gasteiger partial charge in [0.05, 0.1) is 0 Å². The average molecular weight is 292 g/mol. The summed E-state index contributed by atoms with van der Waals surface area (Å²) >= 11 is 1.90. The van der Waals surface area contributed by atoms with E-state index in [0.29, 0.717) is 5.92 Å².